The fourth-order valence-electron chi connectivity index (χ4n) is 1.38. The number of thiazole rings is 1. The van der Waals surface area contributed by atoms with Crippen LogP contribution in [0.15, 0.2) is 5.38 Å². The molecule has 4 N–H and O–H groups in total. The second-order valence-corrected chi connectivity index (χ2v) is 5.74. The van der Waals surface area contributed by atoms with Gasteiger partial charge in [-0.25, -0.2) is 9.78 Å². The molecule has 0 saturated carbocycles. The van der Waals surface area contributed by atoms with Gasteiger partial charge in [-0.3, -0.25) is 4.79 Å². The Hall–Kier alpha value is -1.12. The standard InChI is InChI=1S/C11H17N3O3S2/c1-18-5-3-7(11(16)17)14-10(15)8-6-19-9(13-8)2-4-12/h6-7H,2-5,12H2,1H3,(H,14,15)(H,16,17)/t7-/m1/s1. The van der Waals surface area contributed by atoms with Gasteiger partial charge >= 0.3 is 5.97 Å². The van der Waals surface area contributed by atoms with Crippen LogP contribution in [0.3, 0.4) is 0 Å². The summed E-state index contributed by atoms with van der Waals surface area (Å²) in [5.41, 5.74) is 5.66. The number of nitrogens with one attached hydrogen (secondary N) is 1. The number of carbonyl (C=O) groups is 2. The molecule has 1 rings (SSSR count). The molecule has 0 spiro atoms. The van der Waals surface area contributed by atoms with Gasteiger partial charge in [0.25, 0.3) is 5.91 Å². The van der Waals surface area contributed by atoms with E-state index < -0.39 is 17.9 Å². The van der Waals surface area contributed by atoms with Gasteiger partial charge in [0.05, 0.1) is 5.01 Å². The third-order valence-corrected chi connectivity index (χ3v) is 3.91. The first-order chi connectivity index (χ1) is 9.08. The minimum atomic E-state index is -1.03. The van der Waals surface area contributed by atoms with Gasteiger partial charge in [-0.1, -0.05) is 0 Å². The lowest BCUT2D eigenvalue weighted by Crippen LogP contribution is -2.41. The molecule has 0 aliphatic rings. The van der Waals surface area contributed by atoms with Crippen molar-refractivity contribution in [3.63, 3.8) is 0 Å². The fraction of sp³-hybridized carbons (Fsp3) is 0.545. The summed E-state index contributed by atoms with van der Waals surface area (Å²) < 4.78 is 0. The van der Waals surface area contributed by atoms with E-state index in [1.165, 1.54) is 23.1 Å². The van der Waals surface area contributed by atoms with E-state index in [9.17, 15) is 9.59 Å². The van der Waals surface area contributed by atoms with Crippen molar-refractivity contribution in [2.75, 3.05) is 18.6 Å². The zero-order valence-electron chi connectivity index (χ0n) is 10.6. The van der Waals surface area contributed by atoms with Crippen LogP contribution in [0.5, 0.6) is 0 Å². The molecule has 1 atom stereocenters. The van der Waals surface area contributed by atoms with Gasteiger partial charge in [-0.15, -0.1) is 11.3 Å². The summed E-state index contributed by atoms with van der Waals surface area (Å²) in [5.74, 6) is -0.806. The Morgan fingerprint density at radius 3 is 2.95 bits per heavy atom. The van der Waals surface area contributed by atoms with Gasteiger partial charge in [0.2, 0.25) is 0 Å². The Balaban J connectivity index is 2.62. The number of nitrogens with zero attached hydrogens (tertiary/aromatic N) is 1. The summed E-state index contributed by atoms with van der Waals surface area (Å²) >= 11 is 2.89. The molecule has 19 heavy (non-hydrogen) atoms. The Kier molecular flexibility index (Phi) is 6.82. The summed E-state index contributed by atoms with van der Waals surface area (Å²) in [5, 5.41) is 13.9. The first-order valence-electron chi connectivity index (χ1n) is 5.75. The zero-order valence-corrected chi connectivity index (χ0v) is 12.2. The quantitative estimate of drug-likeness (QED) is 0.649. The maximum atomic E-state index is 11.9. The van der Waals surface area contributed by atoms with Gasteiger partial charge in [-0.2, -0.15) is 11.8 Å². The zero-order chi connectivity index (χ0) is 14.3. The Labute approximate surface area is 119 Å². The average molecular weight is 303 g/mol. The molecular weight excluding hydrogens is 286 g/mol. The monoisotopic (exact) mass is 303 g/mol. The van der Waals surface area contributed by atoms with E-state index in [0.717, 1.165) is 5.01 Å². The lowest BCUT2D eigenvalue weighted by molar-refractivity contribution is -0.139. The Morgan fingerprint density at radius 2 is 2.37 bits per heavy atom. The van der Waals surface area contributed by atoms with Crippen molar-refractivity contribution >= 4 is 35.0 Å². The minimum Gasteiger partial charge on any atom is -0.480 e. The van der Waals surface area contributed by atoms with Crippen LogP contribution in [0, 0.1) is 0 Å². The number of nitrogens with two attached hydrogens (primary N) is 1. The second kappa shape index (κ2) is 8.13. The maximum Gasteiger partial charge on any atom is 0.326 e. The number of amides is 1. The molecule has 1 aromatic heterocycles. The minimum absolute atomic E-state index is 0.254. The molecule has 0 fully saturated rings. The molecule has 1 amide bonds. The molecule has 6 nitrogen and oxygen atoms in total. The van der Waals surface area contributed by atoms with Crippen LogP contribution in [-0.4, -0.2) is 46.6 Å². The van der Waals surface area contributed by atoms with Crippen molar-refractivity contribution < 1.29 is 14.7 Å². The van der Waals surface area contributed by atoms with Crippen molar-refractivity contribution in [1.29, 1.82) is 0 Å². The van der Waals surface area contributed by atoms with Crippen LogP contribution in [0.2, 0.25) is 0 Å². The van der Waals surface area contributed by atoms with E-state index in [-0.39, 0.29) is 5.69 Å². The smallest absolute Gasteiger partial charge is 0.326 e. The highest BCUT2D eigenvalue weighted by Gasteiger charge is 2.21. The number of rotatable bonds is 8. The molecule has 8 heteroatoms. The number of aliphatic carboxylic acids is 1. The lowest BCUT2D eigenvalue weighted by atomic mass is 10.2. The van der Waals surface area contributed by atoms with Crippen LogP contribution in [0.25, 0.3) is 0 Å². The Bertz CT molecular complexity index is 437. The molecule has 0 aliphatic heterocycles. The molecule has 1 heterocycles. The largest absolute Gasteiger partial charge is 0.480 e. The summed E-state index contributed by atoms with van der Waals surface area (Å²) in [6.07, 6.45) is 2.90. The highest BCUT2D eigenvalue weighted by Crippen LogP contribution is 2.10. The van der Waals surface area contributed by atoms with E-state index >= 15 is 0 Å². The normalized spacial score (nSPS) is 12.1. The van der Waals surface area contributed by atoms with E-state index in [1.54, 1.807) is 5.38 Å². The van der Waals surface area contributed by atoms with Crippen molar-refractivity contribution in [3.8, 4) is 0 Å². The van der Waals surface area contributed by atoms with Gasteiger partial charge in [0.1, 0.15) is 11.7 Å². The highest BCUT2D eigenvalue weighted by molar-refractivity contribution is 7.98. The lowest BCUT2D eigenvalue weighted by Gasteiger charge is -2.12. The van der Waals surface area contributed by atoms with Crippen LogP contribution >= 0.6 is 23.1 Å². The molecule has 0 aliphatic carbocycles. The summed E-state index contributed by atoms with van der Waals surface area (Å²) in [4.78, 5) is 27.0. The molecule has 1 aromatic rings. The number of hydrogen-bond acceptors (Lipinski definition) is 6. The van der Waals surface area contributed by atoms with E-state index in [0.29, 0.717) is 25.1 Å². The highest BCUT2D eigenvalue weighted by atomic mass is 32.2. The molecule has 106 valence electrons. The second-order valence-electron chi connectivity index (χ2n) is 3.81. The van der Waals surface area contributed by atoms with Crippen molar-refractivity contribution in [2.24, 2.45) is 5.73 Å². The van der Waals surface area contributed by atoms with E-state index in [4.69, 9.17) is 10.8 Å². The molecule has 0 radical (unpaired) electrons. The van der Waals surface area contributed by atoms with Crippen molar-refractivity contribution in [2.45, 2.75) is 18.9 Å². The van der Waals surface area contributed by atoms with E-state index in [1.807, 2.05) is 6.26 Å². The van der Waals surface area contributed by atoms with Crippen LogP contribution in [0.4, 0.5) is 0 Å². The first-order valence-corrected chi connectivity index (χ1v) is 8.03. The third kappa shape index (κ3) is 5.17. The predicted molar refractivity (Wildman–Crippen MR) is 76.8 cm³/mol. The van der Waals surface area contributed by atoms with E-state index in [2.05, 4.69) is 10.3 Å². The number of carboxylic acid groups (broad SMARTS) is 1. The summed E-state index contributed by atoms with van der Waals surface area (Å²) in [6.45, 7) is 0.472. The predicted octanol–water partition coefficient (Wildman–Crippen LogP) is 0.580. The van der Waals surface area contributed by atoms with Gasteiger partial charge in [0.15, 0.2) is 0 Å². The van der Waals surface area contributed by atoms with Gasteiger partial charge in [-0.05, 0) is 25.0 Å². The topological polar surface area (TPSA) is 105 Å². The number of thioether (sulfide) groups is 1. The van der Waals surface area contributed by atoms with Crippen molar-refractivity contribution in [3.05, 3.63) is 16.1 Å². The Morgan fingerprint density at radius 1 is 1.63 bits per heavy atom. The number of carbonyl (C=O) groups excluding carboxylic acids is 1. The van der Waals surface area contributed by atoms with Crippen LogP contribution < -0.4 is 11.1 Å². The molecule has 0 aromatic carbocycles. The summed E-state index contributed by atoms with van der Waals surface area (Å²) in [7, 11) is 0. The fourth-order valence-corrected chi connectivity index (χ4v) is 2.64. The van der Waals surface area contributed by atoms with Gasteiger partial charge < -0.3 is 16.2 Å². The van der Waals surface area contributed by atoms with Crippen LogP contribution in [-0.2, 0) is 11.2 Å². The maximum absolute atomic E-state index is 11.9. The third-order valence-electron chi connectivity index (χ3n) is 2.36. The molecule has 0 unspecified atom stereocenters. The number of hydrogen-bond donors (Lipinski definition) is 3. The molecular formula is C11H17N3O3S2. The SMILES string of the molecule is CSCC[C@@H](NC(=O)c1csc(CCN)n1)C(=O)O. The van der Waals surface area contributed by atoms with Gasteiger partial charge in [0, 0.05) is 11.8 Å². The van der Waals surface area contributed by atoms with Crippen LogP contribution in [0.1, 0.15) is 21.9 Å². The molecule has 0 saturated heterocycles. The number of carboxylic acids is 1. The average Bonchev–Trinajstić information content (AvgIpc) is 2.83. The van der Waals surface area contributed by atoms with Crippen molar-refractivity contribution in [1.82, 2.24) is 10.3 Å². The first kappa shape index (κ1) is 15.9. The number of aromatic nitrogens is 1. The summed E-state index contributed by atoms with van der Waals surface area (Å²) in [6, 6.07) is -0.875. The molecule has 0 bridgehead atoms.